The average Bonchev–Trinajstić information content (AvgIpc) is 3.02. The zero-order chi connectivity index (χ0) is 18.9. The Morgan fingerprint density at radius 1 is 0.500 bits per heavy atom. The van der Waals surface area contributed by atoms with Gasteiger partial charge < -0.3 is 9.80 Å². The average molecular weight is 365 g/mol. The third-order valence-corrected chi connectivity index (χ3v) is 5.78. The van der Waals surface area contributed by atoms with Crippen molar-refractivity contribution in [3.63, 3.8) is 0 Å². The van der Waals surface area contributed by atoms with Crippen LogP contribution in [0.25, 0.3) is 0 Å². The van der Waals surface area contributed by atoms with Crippen LogP contribution in [-0.4, -0.2) is 29.1 Å². The molecule has 0 spiro atoms. The molecule has 1 aliphatic rings. The first-order valence-corrected chi connectivity index (χ1v) is 12.0. The highest BCUT2D eigenvalue weighted by atomic mass is 15.4. The summed E-state index contributed by atoms with van der Waals surface area (Å²) < 4.78 is 0. The molecule has 0 aromatic rings. The minimum absolute atomic E-state index is 0.644. The van der Waals surface area contributed by atoms with Gasteiger partial charge in [-0.15, -0.1) is 0 Å². The Morgan fingerprint density at radius 3 is 1.50 bits per heavy atom. The topological polar surface area (TPSA) is 6.48 Å². The van der Waals surface area contributed by atoms with Crippen molar-refractivity contribution < 1.29 is 0 Å². The highest BCUT2D eigenvalue weighted by molar-refractivity contribution is 4.96. The van der Waals surface area contributed by atoms with E-state index in [9.17, 15) is 0 Å². The number of nitrogens with zero attached hydrogens (tertiary/aromatic N) is 2. The second kappa shape index (κ2) is 16.5. The van der Waals surface area contributed by atoms with Gasteiger partial charge in [-0.2, -0.15) is 0 Å². The zero-order valence-electron chi connectivity index (χ0n) is 18.4. The molecule has 2 heteroatoms. The van der Waals surface area contributed by atoms with E-state index < -0.39 is 0 Å². The van der Waals surface area contributed by atoms with Crippen LogP contribution in [0, 0.1) is 0 Å². The van der Waals surface area contributed by atoms with Crippen molar-refractivity contribution in [2.24, 2.45) is 0 Å². The van der Waals surface area contributed by atoms with Gasteiger partial charge in [0.1, 0.15) is 6.17 Å². The summed E-state index contributed by atoms with van der Waals surface area (Å²) in [6.45, 7) is 9.37. The normalized spacial score (nSPS) is 16.8. The third kappa shape index (κ3) is 10.5. The Labute approximate surface area is 165 Å². The van der Waals surface area contributed by atoms with Crippen LogP contribution in [0.4, 0.5) is 0 Å². The number of hydrogen-bond donors (Lipinski definition) is 0. The van der Waals surface area contributed by atoms with E-state index in [1.54, 1.807) is 0 Å². The van der Waals surface area contributed by atoms with E-state index in [0.717, 1.165) is 0 Å². The van der Waals surface area contributed by atoms with Crippen LogP contribution in [0.15, 0.2) is 12.4 Å². The van der Waals surface area contributed by atoms with Crippen LogP contribution >= 0.6 is 0 Å². The van der Waals surface area contributed by atoms with E-state index in [4.69, 9.17) is 0 Å². The van der Waals surface area contributed by atoms with Gasteiger partial charge in [-0.05, 0) is 25.7 Å². The SMILES string of the molecule is CCCCCCCCCCN1C=CN(CCC)C1CCCCCCCC. The van der Waals surface area contributed by atoms with Crippen LogP contribution in [0.2, 0.25) is 0 Å². The third-order valence-electron chi connectivity index (χ3n) is 5.78. The first-order valence-electron chi connectivity index (χ1n) is 12.0. The summed E-state index contributed by atoms with van der Waals surface area (Å²) in [5.41, 5.74) is 0. The van der Waals surface area contributed by atoms with Gasteiger partial charge in [0, 0.05) is 25.5 Å². The predicted octanol–water partition coefficient (Wildman–Crippen LogP) is 7.70. The molecule has 0 amide bonds. The maximum absolute atomic E-state index is 2.64. The zero-order valence-corrected chi connectivity index (χ0v) is 18.4. The van der Waals surface area contributed by atoms with E-state index in [1.165, 1.54) is 116 Å². The van der Waals surface area contributed by atoms with Crippen LogP contribution in [-0.2, 0) is 0 Å². The minimum Gasteiger partial charge on any atom is -0.356 e. The van der Waals surface area contributed by atoms with Gasteiger partial charge in [0.2, 0.25) is 0 Å². The van der Waals surface area contributed by atoms with Crippen LogP contribution < -0.4 is 0 Å². The number of hydrogen-bond acceptors (Lipinski definition) is 2. The molecule has 2 nitrogen and oxygen atoms in total. The largest absolute Gasteiger partial charge is 0.356 e. The molecule has 0 saturated heterocycles. The highest BCUT2D eigenvalue weighted by Gasteiger charge is 2.24. The molecular weight excluding hydrogens is 316 g/mol. The van der Waals surface area contributed by atoms with Gasteiger partial charge >= 0.3 is 0 Å². The summed E-state index contributed by atoms with van der Waals surface area (Å²) in [6, 6.07) is 0. The highest BCUT2D eigenvalue weighted by Crippen LogP contribution is 2.23. The lowest BCUT2D eigenvalue weighted by Gasteiger charge is -2.33. The molecule has 0 fully saturated rings. The lowest BCUT2D eigenvalue weighted by molar-refractivity contribution is 0.137. The van der Waals surface area contributed by atoms with Crippen LogP contribution in [0.1, 0.15) is 124 Å². The molecule has 1 aliphatic heterocycles. The Morgan fingerprint density at radius 2 is 0.962 bits per heavy atom. The molecule has 0 saturated carbocycles. The summed E-state index contributed by atoms with van der Waals surface area (Å²) in [7, 11) is 0. The minimum atomic E-state index is 0.644. The fraction of sp³-hybridized carbons (Fsp3) is 0.917. The molecule has 0 aliphatic carbocycles. The van der Waals surface area contributed by atoms with Crippen molar-refractivity contribution in [3.8, 4) is 0 Å². The lowest BCUT2D eigenvalue weighted by Crippen LogP contribution is -2.39. The molecule has 0 bridgehead atoms. The van der Waals surface area contributed by atoms with Crippen molar-refractivity contribution in [2.75, 3.05) is 13.1 Å². The van der Waals surface area contributed by atoms with Crippen molar-refractivity contribution in [1.29, 1.82) is 0 Å². The molecule has 1 heterocycles. The van der Waals surface area contributed by atoms with Crippen LogP contribution in [0.5, 0.6) is 0 Å². The smallest absolute Gasteiger partial charge is 0.101 e. The van der Waals surface area contributed by atoms with E-state index in [1.807, 2.05) is 0 Å². The fourth-order valence-electron chi connectivity index (χ4n) is 4.13. The molecule has 0 aromatic heterocycles. The molecule has 0 N–H and O–H groups in total. The molecule has 154 valence electrons. The van der Waals surface area contributed by atoms with Gasteiger partial charge in [0.25, 0.3) is 0 Å². The number of rotatable bonds is 18. The summed E-state index contributed by atoms with van der Waals surface area (Å²) in [5, 5.41) is 0. The van der Waals surface area contributed by atoms with E-state index in [2.05, 4.69) is 43.0 Å². The molecule has 0 radical (unpaired) electrons. The van der Waals surface area contributed by atoms with Crippen molar-refractivity contribution >= 4 is 0 Å². The van der Waals surface area contributed by atoms with Crippen molar-refractivity contribution in [3.05, 3.63) is 12.4 Å². The predicted molar refractivity (Wildman–Crippen MR) is 117 cm³/mol. The Bertz CT molecular complexity index is 326. The first kappa shape index (κ1) is 23.4. The van der Waals surface area contributed by atoms with Gasteiger partial charge in [0.05, 0.1) is 0 Å². The second-order valence-electron chi connectivity index (χ2n) is 8.29. The molecule has 0 aromatic carbocycles. The van der Waals surface area contributed by atoms with E-state index in [-0.39, 0.29) is 0 Å². The first-order chi connectivity index (χ1) is 12.8. The summed E-state index contributed by atoms with van der Waals surface area (Å²) in [6.07, 6.45) is 27.7. The number of unbranched alkanes of at least 4 members (excludes halogenated alkanes) is 12. The van der Waals surface area contributed by atoms with Crippen molar-refractivity contribution in [2.45, 2.75) is 130 Å². The Balaban J connectivity index is 2.18. The maximum atomic E-state index is 2.64. The monoisotopic (exact) mass is 364 g/mol. The van der Waals surface area contributed by atoms with Crippen molar-refractivity contribution in [1.82, 2.24) is 9.80 Å². The molecule has 26 heavy (non-hydrogen) atoms. The lowest BCUT2D eigenvalue weighted by atomic mass is 10.1. The summed E-state index contributed by atoms with van der Waals surface area (Å²) >= 11 is 0. The summed E-state index contributed by atoms with van der Waals surface area (Å²) in [4.78, 5) is 5.23. The molecular formula is C24H48N2. The Hall–Kier alpha value is -0.660. The van der Waals surface area contributed by atoms with Gasteiger partial charge in [-0.25, -0.2) is 0 Å². The second-order valence-corrected chi connectivity index (χ2v) is 8.29. The fourth-order valence-corrected chi connectivity index (χ4v) is 4.13. The maximum Gasteiger partial charge on any atom is 0.101 e. The van der Waals surface area contributed by atoms with E-state index in [0.29, 0.717) is 6.17 Å². The molecule has 1 unspecified atom stereocenters. The van der Waals surface area contributed by atoms with Crippen LogP contribution in [0.3, 0.4) is 0 Å². The quantitative estimate of drug-likeness (QED) is 0.230. The molecule has 1 atom stereocenters. The summed E-state index contributed by atoms with van der Waals surface area (Å²) in [5.74, 6) is 0. The van der Waals surface area contributed by atoms with Gasteiger partial charge in [-0.3, -0.25) is 0 Å². The van der Waals surface area contributed by atoms with Gasteiger partial charge in [0.15, 0.2) is 0 Å². The molecule has 1 rings (SSSR count). The van der Waals surface area contributed by atoms with E-state index >= 15 is 0 Å². The standard InChI is InChI=1S/C24H48N2/c1-4-7-9-11-13-14-16-18-21-26-23-22-25(20-6-3)24(26)19-17-15-12-10-8-5-2/h22-24H,4-21H2,1-3H3. The Kier molecular flexibility index (Phi) is 14.8. The van der Waals surface area contributed by atoms with Gasteiger partial charge in [-0.1, -0.05) is 97.8 Å².